The summed E-state index contributed by atoms with van der Waals surface area (Å²) < 4.78 is 18.9. The third kappa shape index (κ3) is 1.79. The van der Waals surface area contributed by atoms with Gasteiger partial charge in [0.1, 0.15) is 17.1 Å². The Balaban J connectivity index is 2.89. The average molecular weight is 291 g/mol. The van der Waals surface area contributed by atoms with Crippen molar-refractivity contribution in [1.29, 1.82) is 0 Å². The molecule has 0 radical (unpaired) electrons. The number of hydrogen-bond acceptors (Lipinski definition) is 2. The number of methoxy groups -OCH3 is 1. The van der Waals surface area contributed by atoms with Crippen LogP contribution in [-0.4, -0.2) is 12.1 Å². The van der Waals surface area contributed by atoms with E-state index in [0.29, 0.717) is 26.1 Å². The van der Waals surface area contributed by atoms with Gasteiger partial charge in [0.15, 0.2) is 0 Å². The minimum absolute atomic E-state index is 0.374. The molecule has 0 aliphatic heterocycles. The fourth-order valence-corrected chi connectivity index (χ4v) is 1.85. The predicted octanol–water partition coefficient (Wildman–Crippen LogP) is 3.80. The molecule has 2 nitrogen and oxygen atoms in total. The molecule has 5 heteroatoms. The molecule has 0 aliphatic rings. The van der Waals surface area contributed by atoms with Crippen LogP contribution < -0.4 is 4.74 Å². The molecular formula is C10H6BrClFNO. The van der Waals surface area contributed by atoms with Crippen LogP contribution in [0.3, 0.4) is 0 Å². The number of aromatic nitrogens is 1. The molecule has 2 aromatic rings. The largest absolute Gasteiger partial charge is 0.494 e. The van der Waals surface area contributed by atoms with Gasteiger partial charge < -0.3 is 4.74 Å². The van der Waals surface area contributed by atoms with Crippen LogP contribution in [0.4, 0.5) is 4.39 Å². The van der Waals surface area contributed by atoms with Crippen molar-refractivity contribution in [3.63, 3.8) is 0 Å². The fraction of sp³-hybridized carbons (Fsp3) is 0.100. The van der Waals surface area contributed by atoms with Crippen molar-refractivity contribution < 1.29 is 9.13 Å². The first-order valence-electron chi connectivity index (χ1n) is 4.10. The molecule has 0 N–H and O–H groups in total. The maximum Gasteiger partial charge on any atom is 0.148 e. The van der Waals surface area contributed by atoms with Crippen LogP contribution in [0.15, 0.2) is 22.8 Å². The number of fused-ring (bicyclic) bond motifs is 1. The Kier molecular flexibility index (Phi) is 2.80. The summed E-state index contributed by atoms with van der Waals surface area (Å²) in [5.74, 6) is -0.0273. The van der Waals surface area contributed by atoms with E-state index in [2.05, 4.69) is 20.9 Å². The Bertz CT molecular complexity index is 532. The first-order chi connectivity index (χ1) is 7.13. The summed E-state index contributed by atoms with van der Waals surface area (Å²) in [5.41, 5.74) is 0.548. The third-order valence-corrected chi connectivity index (χ3v) is 3.25. The summed E-state index contributed by atoms with van der Waals surface area (Å²) in [7, 11) is 1.46. The van der Waals surface area contributed by atoms with Gasteiger partial charge in [0, 0.05) is 17.6 Å². The van der Waals surface area contributed by atoms with E-state index in [-0.39, 0.29) is 0 Å². The van der Waals surface area contributed by atoms with Gasteiger partial charge in [-0.05, 0) is 22.0 Å². The van der Waals surface area contributed by atoms with Crippen molar-refractivity contribution in [3.05, 3.63) is 33.6 Å². The SMILES string of the molecule is COc1cc(F)cc2c(Cl)c(Br)cnc12. The summed E-state index contributed by atoms with van der Waals surface area (Å²) in [6.07, 6.45) is 1.56. The van der Waals surface area contributed by atoms with Crippen LogP contribution in [0.2, 0.25) is 5.02 Å². The first-order valence-corrected chi connectivity index (χ1v) is 5.28. The van der Waals surface area contributed by atoms with Crippen LogP contribution in [0, 0.1) is 5.82 Å². The second-order valence-corrected chi connectivity index (χ2v) is 4.16. The van der Waals surface area contributed by atoms with Gasteiger partial charge in [0.25, 0.3) is 0 Å². The van der Waals surface area contributed by atoms with Crippen LogP contribution >= 0.6 is 27.5 Å². The van der Waals surface area contributed by atoms with Crippen molar-refractivity contribution in [2.75, 3.05) is 7.11 Å². The Hall–Kier alpha value is -0.870. The second kappa shape index (κ2) is 3.94. The highest BCUT2D eigenvalue weighted by atomic mass is 79.9. The van der Waals surface area contributed by atoms with E-state index in [4.69, 9.17) is 16.3 Å². The fourth-order valence-electron chi connectivity index (χ4n) is 1.34. The third-order valence-electron chi connectivity index (χ3n) is 2.01. The molecule has 0 saturated carbocycles. The van der Waals surface area contributed by atoms with Crippen molar-refractivity contribution in [2.45, 2.75) is 0 Å². The minimum atomic E-state index is -0.402. The standard InChI is InChI=1S/C10H6BrClFNO/c1-15-8-3-5(13)2-6-9(12)7(11)4-14-10(6)8/h2-4H,1H3. The zero-order valence-electron chi connectivity index (χ0n) is 7.72. The van der Waals surface area contributed by atoms with Gasteiger partial charge in [0.05, 0.1) is 16.6 Å². The van der Waals surface area contributed by atoms with Crippen LogP contribution in [-0.2, 0) is 0 Å². The quantitative estimate of drug-likeness (QED) is 0.797. The summed E-state index contributed by atoms with van der Waals surface area (Å²) in [6.45, 7) is 0. The molecular weight excluding hydrogens is 284 g/mol. The van der Waals surface area contributed by atoms with E-state index in [9.17, 15) is 4.39 Å². The average Bonchev–Trinajstić information content (AvgIpc) is 2.23. The van der Waals surface area contributed by atoms with Crippen LogP contribution in [0.25, 0.3) is 10.9 Å². The van der Waals surface area contributed by atoms with Crippen molar-refractivity contribution in [2.24, 2.45) is 0 Å². The summed E-state index contributed by atoms with van der Waals surface area (Å²) >= 11 is 9.25. The maximum absolute atomic E-state index is 13.2. The monoisotopic (exact) mass is 289 g/mol. The first kappa shape index (κ1) is 10.6. The maximum atomic E-state index is 13.2. The predicted molar refractivity (Wildman–Crippen MR) is 61.0 cm³/mol. The molecule has 0 bridgehead atoms. The number of hydrogen-bond donors (Lipinski definition) is 0. The lowest BCUT2D eigenvalue weighted by molar-refractivity contribution is 0.415. The van der Waals surface area contributed by atoms with E-state index in [0.717, 1.165) is 0 Å². The molecule has 1 heterocycles. The van der Waals surface area contributed by atoms with Gasteiger partial charge in [-0.3, -0.25) is 4.98 Å². The van der Waals surface area contributed by atoms with Gasteiger partial charge in [-0.25, -0.2) is 4.39 Å². The zero-order valence-corrected chi connectivity index (χ0v) is 10.1. The highest BCUT2D eigenvalue weighted by molar-refractivity contribution is 9.10. The van der Waals surface area contributed by atoms with E-state index < -0.39 is 5.82 Å². The van der Waals surface area contributed by atoms with E-state index in [1.807, 2.05) is 0 Å². The Morgan fingerprint density at radius 2 is 2.20 bits per heavy atom. The van der Waals surface area contributed by atoms with Crippen LogP contribution in [0.5, 0.6) is 5.75 Å². The lowest BCUT2D eigenvalue weighted by atomic mass is 10.2. The highest BCUT2D eigenvalue weighted by Gasteiger charge is 2.10. The number of ether oxygens (including phenoxy) is 1. The molecule has 0 aliphatic carbocycles. The van der Waals surface area contributed by atoms with Crippen molar-refractivity contribution in [1.82, 2.24) is 4.98 Å². The Morgan fingerprint density at radius 3 is 2.87 bits per heavy atom. The number of benzene rings is 1. The smallest absolute Gasteiger partial charge is 0.148 e. The van der Waals surface area contributed by atoms with E-state index in [1.54, 1.807) is 6.20 Å². The molecule has 0 fully saturated rings. The summed E-state index contributed by atoms with van der Waals surface area (Å²) in [6, 6.07) is 2.61. The lowest BCUT2D eigenvalue weighted by Gasteiger charge is -2.07. The molecule has 0 atom stereocenters. The molecule has 2 rings (SSSR count). The second-order valence-electron chi connectivity index (χ2n) is 2.92. The van der Waals surface area contributed by atoms with Crippen LogP contribution in [0.1, 0.15) is 0 Å². The van der Waals surface area contributed by atoms with E-state index in [1.165, 1.54) is 19.2 Å². The molecule has 0 amide bonds. The van der Waals surface area contributed by atoms with E-state index >= 15 is 0 Å². The van der Waals surface area contributed by atoms with Crippen molar-refractivity contribution in [3.8, 4) is 5.75 Å². The molecule has 0 unspecified atom stereocenters. The number of nitrogens with zero attached hydrogens (tertiary/aromatic N) is 1. The molecule has 0 saturated heterocycles. The van der Waals surface area contributed by atoms with Gasteiger partial charge in [-0.1, -0.05) is 11.6 Å². The minimum Gasteiger partial charge on any atom is -0.494 e. The highest BCUT2D eigenvalue weighted by Crippen LogP contribution is 2.34. The number of rotatable bonds is 1. The van der Waals surface area contributed by atoms with Crippen molar-refractivity contribution >= 4 is 38.4 Å². The number of pyridine rings is 1. The molecule has 15 heavy (non-hydrogen) atoms. The molecule has 78 valence electrons. The summed E-state index contributed by atoms with van der Waals surface area (Å²) in [5, 5.41) is 0.959. The van der Waals surface area contributed by atoms with Gasteiger partial charge in [0.2, 0.25) is 0 Å². The van der Waals surface area contributed by atoms with Gasteiger partial charge in [-0.2, -0.15) is 0 Å². The molecule has 0 spiro atoms. The Morgan fingerprint density at radius 1 is 1.47 bits per heavy atom. The van der Waals surface area contributed by atoms with Gasteiger partial charge in [-0.15, -0.1) is 0 Å². The van der Waals surface area contributed by atoms with Gasteiger partial charge >= 0.3 is 0 Å². The normalized spacial score (nSPS) is 10.7. The zero-order chi connectivity index (χ0) is 11.0. The Labute approximate surface area is 99.1 Å². The number of halogens is 3. The topological polar surface area (TPSA) is 22.1 Å². The lowest BCUT2D eigenvalue weighted by Crippen LogP contribution is -1.90. The molecule has 1 aromatic carbocycles. The molecule has 1 aromatic heterocycles. The summed E-state index contributed by atoms with van der Waals surface area (Å²) in [4.78, 5) is 4.13.